The van der Waals surface area contributed by atoms with Crippen LogP contribution in [0.4, 0.5) is 0 Å². The highest BCUT2D eigenvalue weighted by Crippen LogP contribution is 2.15. The maximum atomic E-state index is 8.38. The average molecular weight is 134 g/mol. The van der Waals surface area contributed by atoms with Crippen molar-refractivity contribution >= 4 is 0 Å². The maximum absolute atomic E-state index is 8.38. The molecule has 1 aliphatic heterocycles. The van der Waals surface area contributed by atoms with Crippen molar-refractivity contribution in [2.75, 3.05) is 20.3 Å². The van der Waals surface area contributed by atoms with Gasteiger partial charge in [-0.05, 0) is 0 Å². The van der Waals surface area contributed by atoms with Gasteiger partial charge in [0.25, 0.3) is 0 Å². The normalized spacial score (nSPS) is 34.0. The van der Waals surface area contributed by atoms with Gasteiger partial charge in [0.05, 0.1) is 13.2 Å². The standard InChI is InChI=1S/C5H10O4/c1-7-3-5-8-4(2-6)9-5/h4-6H,2-3H2,1H3. The highest BCUT2D eigenvalue weighted by molar-refractivity contribution is 4.56. The molecule has 1 rings (SSSR count). The number of ether oxygens (including phenoxy) is 3. The van der Waals surface area contributed by atoms with E-state index < -0.39 is 6.29 Å². The first-order valence-electron chi connectivity index (χ1n) is 2.77. The first kappa shape index (κ1) is 6.95. The van der Waals surface area contributed by atoms with Crippen LogP contribution in [0.1, 0.15) is 0 Å². The van der Waals surface area contributed by atoms with E-state index >= 15 is 0 Å². The number of rotatable bonds is 3. The summed E-state index contributed by atoms with van der Waals surface area (Å²) < 4.78 is 14.6. The lowest BCUT2D eigenvalue weighted by atomic mass is 10.5. The van der Waals surface area contributed by atoms with Gasteiger partial charge >= 0.3 is 0 Å². The van der Waals surface area contributed by atoms with Crippen molar-refractivity contribution in [1.29, 1.82) is 0 Å². The Morgan fingerprint density at radius 2 is 2.11 bits per heavy atom. The predicted octanol–water partition coefficient (Wildman–Crippen LogP) is -0.676. The Kier molecular flexibility index (Phi) is 2.41. The molecule has 0 bridgehead atoms. The quantitative estimate of drug-likeness (QED) is 0.555. The summed E-state index contributed by atoms with van der Waals surface area (Å²) in [5.41, 5.74) is 0. The molecule has 1 heterocycles. The predicted molar refractivity (Wildman–Crippen MR) is 28.7 cm³/mol. The van der Waals surface area contributed by atoms with Crippen LogP contribution in [0.15, 0.2) is 0 Å². The average Bonchev–Trinajstić information content (AvgIpc) is 1.77. The molecule has 0 radical (unpaired) electrons. The lowest BCUT2D eigenvalue weighted by Crippen LogP contribution is -2.45. The van der Waals surface area contributed by atoms with E-state index in [0.717, 1.165) is 0 Å². The third-order valence-electron chi connectivity index (χ3n) is 1.06. The second kappa shape index (κ2) is 3.12. The Morgan fingerprint density at radius 1 is 1.44 bits per heavy atom. The van der Waals surface area contributed by atoms with Gasteiger partial charge in [-0.1, -0.05) is 0 Å². The zero-order valence-electron chi connectivity index (χ0n) is 5.24. The molecule has 1 saturated heterocycles. The fourth-order valence-electron chi connectivity index (χ4n) is 0.649. The first-order valence-corrected chi connectivity index (χ1v) is 2.77. The van der Waals surface area contributed by atoms with Crippen LogP contribution in [0, 0.1) is 0 Å². The van der Waals surface area contributed by atoms with E-state index in [0.29, 0.717) is 6.61 Å². The van der Waals surface area contributed by atoms with E-state index in [1.165, 1.54) is 0 Å². The van der Waals surface area contributed by atoms with E-state index in [4.69, 9.17) is 19.3 Å². The van der Waals surface area contributed by atoms with Gasteiger partial charge in [0.2, 0.25) is 0 Å². The van der Waals surface area contributed by atoms with Crippen LogP contribution in [0.3, 0.4) is 0 Å². The molecular formula is C5H10O4. The lowest BCUT2D eigenvalue weighted by molar-refractivity contribution is -0.397. The summed E-state index contributed by atoms with van der Waals surface area (Å²) >= 11 is 0. The molecule has 0 aromatic carbocycles. The van der Waals surface area contributed by atoms with Crippen molar-refractivity contribution < 1.29 is 19.3 Å². The van der Waals surface area contributed by atoms with Crippen molar-refractivity contribution in [1.82, 2.24) is 0 Å². The first-order chi connectivity index (χ1) is 4.36. The van der Waals surface area contributed by atoms with Crippen LogP contribution in [-0.4, -0.2) is 38.0 Å². The maximum Gasteiger partial charge on any atom is 0.187 e. The van der Waals surface area contributed by atoms with E-state index in [1.807, 2.05) is 0 Å². The van der Waals surface area contributed by atoms with Gasteiger partial charge in [0.15, 0.2) is 12.6 Å². The summed E-state index contributed by atoms with van der Waals surface area (Å²) in [5, 5.41) is 8.38. The van der Waals surface area contributed by atoms with E-state index in [9.17, 15) is 0 Å². The van der Waals surface area contributed by atoms with Gasteiger partial charge < -0.3 is 19.3 Å². The smallest absolute Gasteiger partial charge is 0.187 e. The molecule has 0 unspecified atom stereocenters. The molecule has 9 heavy (non-hydrogen) atoms. The highest BCUT2D eigenvalue weighted by Gasteiger charge is 2.29. The molecule has 0 aliphatic carbocycles. The Hall–Kier alpha value is -0.160. The van der Waals surface area contributed by atoms with Crippen molar-refractivity contribution in [3.05, 3.63) is 0 Å². The molecule has 0 atom stereocenters. The number of hydrogen-bond acceptors (Lipinski definition) is 4. The summed E-state index contributed by atoms with van der Waals surface area (Å²) in [6.07, 6.45) is -0.697. The Balaban J connectivity index is 1.98. The Morgan fingerprint density at radius 3 is 2.56 bits per heavy atom. The van der Waals surface area contributed by atoms with Gasteiger partial charge in [-0.25, -0.2) is 0 Å². The van der Waals surface area contributed by atoms with Crippen LogP contribution in [-0.2, 0) is 14.2 Å². The van der Waals surface area contributed by atoms with Crippen LogP contribution in [0.25, 0.3) is 0 Å². The molecule has 54 valence electrons. The SMILES string of the molecule is COCC1OC(CO)O1. The molecule has 0 spiro atoms. The number of hydrogen-bond donors (Lipinski definition) is 1. The van der Waals surface area contributed by atoms with E-state index in [2.05, 4.69) is 0 Å². The molecule has 4 heteroatoms. The summed E-state index contributed by atoms with van der Waals surface area (Å²) in [7, 11) is 1.57. The van der Waals surface area contributed by atoms with Gasteiger partial charge in [-0.15, -0.1) is 0 Å². The highest BCUT2D eigenvalue weighted by atomic mass is 16.9. The molecule has 1 fully saturated rings. The minimum Gasteiger partial charge on any atom is -0.391 e. The topological polar surface area (TPSA) is 47.9 Å². The molecule has 4 nitrogen and oxygen atoms in total. The summed E-state index contributed by atoms with van der Waals surface area (Å²) in [6, 6.07) is 0. The third kappa shape index (κ3) is 1.62. The molecule has 0 saturated carbocycles. The minimum atomic E-state index is -0.426. The van der Waals surface area contributed by atoms with Gasteiger partial charge in [-0.2, -0.15) is 0 Å². The van der Waals surface area contributed by atoms with Gasteiger partial charge in [0, 0.05) is 7.11 Å². The fourth-order valence-corrected chi connectivity index (χ4v) is 0.649. The van der Waals surface area contributed by atoms with Crippen molar-refractivity contribution in [2.24, 2.45) is 0 Å². The van der Waals surface area contributed by atoms with Crippen LogP contribution in [0.2, 0.25) is 0 Å². The lowest BCUT2D eigenvalue weighted by Gasteiger charge is -2.34. The largest absolute Gasteiger partial charge is 0.391 e. The van der Waals surface area contributed by atoms with Crippen molar-refractivity contribution in [2.45, 2.75) is 12.6 Å². The zero-order valence-corrected chi connectivity index (χ0v) is 5.24. The van der Waals surface area contributed by atoms with Crippen LogP contribution >= 0.6 is 0 Å². The number of aliphatic hydroxyl groups is 1. The van der Waals surface area contributed by atoms with E-state index in [1.54, 1.807) is 7.11 Å². The molecule has 0 aromatic rings. The summed E-state index contributed by atoms with van der Waals surface area (Å²) in [4.78, 5) is 0. The zero-order chi connectivity index (χ0) is 6.69. The van der Waals surface area contributed by atoms with Crippen molar-refractivity contribution in [3.8, 4) is 0 Å². The van der Waals surface area contributed by atoms with E-state index in [-0.39, 0.29) is 12.9 Å². The Labute approximate surface area is 53.3 Å². The molecule has 0 amide bonds. The number of methoxy groups -OCH3 is 1. The summed E-state index contributed by atoms with van der Waals surface area (Å²) in [6.45, 7) is 0.344. The molecule has 1 aliphatic rings. The second-order valence-corrected chi connectivity index (χ2v) is 1.77. The Bertz CT molecular complexity index is 79.0. The second-order valence-electron chi connectivity index (χ2n) is 1.77. The van der Waals surface area contributed by atoms with Gasteiger partial charge in [-0.3, -0.25) is 0 Å². The third-order valence-corrected chi connectivity index (χ3v) is 1.06. The molecular weight excluding hydrogens is 124 g/mol. The van der Waals surface area contributed by atoms with Crippen molar-refractivity contribution in [3.63, 3.8) is 0 Å². The molecule has 1 N–H and O–H groups in total. The number of aliphatic hydroxyl groups excluding tert-OH is 1. The molecule has 0 aromatic heterocycles. The summed E-state index contributed by atoms with van der Waals surface area (Å²) in [5.74, 6) is 0. The van der Waals surface area contributed by atoms with Crippen LogP contribution < -0.4 is 0 Å². The fraction of sp³-hybridized carbons (Fsp3) is 1.00. The van der Waals surface area contributed by atoms with Crippen LogP contribution in [0.5, 0.6) is 0 Å². The monoisotopic (exact) mass is 134 g/mol. The minimum absolute atomic E-state index is 0.0831. The van der Waals surface area contributed by atoms with Gasteiger partial charge in [0.1, 0.15) is 0 Å².